The van der Waals surface area contributed by atoms with Crippen molar-refractivity contribution in [3.63, 3.8) is 0 Å². The van der Waals surface area contributed by atoms with Gasteiger partial charge in [0.05, 0.1) is 6.10 Å². The number of aryl methyl sites for hydroxylation is 1. The van der Waals surface area contributed by atoms with Crippen molar-refractivity contribution in [1.82, 2.24) is 5.32 Å². The number of carbonyl (C=O) groups is 2. The summed E-state index contributed by atoms with van der Waals surface area (Å²) in [5.74, 6) is -1.42. The van der Waals surface area contributed by atoms with Crippen LogP contribution >= 0.6 is 11.6 Å². The van der Waals surface area contributed by atoms with E-state index < -0.39 is 17.9 Å². The molecule has 5 nitrogen and oxygen atoms in total. The lowest BCUT2D eigenvalue weighted by Gasteiger charge is -2.26. The molecular weight excluding hydrogens is 304 g/mol. The van der Waals surface area contributed by atoms with Crippen LogP contribution in [0.3, 0.4) is 0 Å². The standard InChI is InChI=1S/C16H23ClN2O3/c1-10-7-12(17)5-6-13(10)19-15(22)14(21)18-9-16(3,4)8-11(2)20/h5-7,11,20H,8-9H2,1-4H3,(H,18,21)(H,19,22). The van der Waals surface area contributed by atoms with E-state index in [1.54, 1.807) is 32.0 Å². The van der Waals surface area contributed by atoms with Gasteiger partial charge in [0.1, 0.15) is 0 Å². The summed E-state index contributed by atoms with van der Waals surface area (Å²) < 4.78 is 0. The second-order valence-electron chi connectivity index (χ2n) is 6.31. The largest absolute Gasteiger partial charge is 0.393 e. The number of rotatable bonds is 5. The van der Waals surface area contributed by atoms with Gasteiger partial charge in [0.25, 0.3) is 0 Å². The number of amides is 2. The molecule has 0 aliphatic rings. The van der Waals surface area contributed by atoms with Gasteiger partial charge in [-0.2, -0.15) is 0 Å². The molecule has 0 fully saturated rings. The minimum absolute atomic E-state index is 0.291. The number of carbonyl (C=O) groups excluding carboxylic acids is 2. The fourth-order valence-electron chi connectivity index (χ4n) is 2.22. The highest BCUT2D eigenvalue weighted by molar-refractivity contribution is 6.39. The Morgan fingerprint density at radius 3 is 2.50 bits per heavy atom. The van der Waals surface area contributed by atoms with Crippen molar-refractivity contribution in [2.24, 2.45) is 5.41 Å². The average molecular weight is 327 g/mol. The lowest BCUT2D eigenvalue weighted by Crippen LogP contribution is -2.41. The number of halogens is 1. The Morgan fingerprint density at radius 2 is 1.95 bits per heavy atom. The van der Waals surface area contributed by atoms with Crippen LogP contribution in [0.25, 0.3) is 0 Å². The van der Waals surface area contributed by atoms with E-state index in [9.17, 15) is 14.7 Å². The summed E-state index contributed by atoms with van der Waals surface area (Å²) in [5, 5.41) is 15.1. The number of hydrogen-bond acceptors (Lipinski definition) is 3. The molecule has 0 spiro atoms. The molecule has 0 heterocycles. The molecule has 22 heavy (non-hydrogen) atoms. The maximum absolute atomic E-state index is 11.9. The highest BCUT2D eigenvalue weighted by Crippen LogP contribution is 2.21. The van der Waals surface area contributed by atoms with Crippen LogP contribution in [0.4, 0.5) is 5.69 Å². The monoisotopic (exact) mass is 326 g/mol. The molecule has 0 bridgehead atoms. The first-order valence-electron chi connectivity index (χ1n) is 7.14. The van der Waals surface area contributed by atoms with Crippen molar-refractivity contribution < 1.29 is 14.7 Å². The second-order valence-corrected chi connectivity index (χ2v) is 6.75. The second kappa shape index (κ2) is 7.61. The van der Waals surface area contributed by atoms with Crippen molar-refractivity contribution in [1.29, 1.82) is 0 Å². The molecule has 0 aliphatic heterocycles. The minimum Gasteiger partial charge on any atom is -0.393 e. The molecule has 1 rings (SSSR count). The maximum atomic E-state index is 11.9. The molecule has 3 N–H and O–H groups in total. The molecule has 0 radical (unpaired) electrons. The van der Waals surface area contributed by atoms with Gasteiger partial charge in [0.15, 0.2) is 0 Å². The van der Waals surface area contributed by atoms with Crippen LogP contribution in [-0.4, -0.2) is 29.6 Å². The van der Waals surface area contributed by atoms with Gasteiger partial charge in [0.2, 0.25) is 0 Å². The van der Waals surface area contributed by atoms with E-state index in [2.05, 4.69) is 10.6 Å². The van der Waals surface area contributed by atoms with Gasteiger partial charge in [-0.3, -0.25) is 9.59 Å². The lowest BCUT2D eigenvalue weighted by atomic mass is 9.87. The zero-order valence-electron chi connectivity index (χ0n) is 13.4. The number of anilines is 1. The van der Waals surface area contributed by atoms with Crippen LogP contribution in [0.5, 0.6) is 0 Å². The molecule has 6 heteroatoms. The first-order chi connectivity index (χ1) is 10.1. The maximum Gasteiger partial charge on any atom is 0.313 e. The van der Waals surface area contributed by atoms with E-state index in [1.807, 2.05) is 13.8 Å². The molecule has 0 saturated carbocycles. The highest BCUT2D eigenvalue weighted by atomic mass is 35.5. The Kier molecular flexibility index (Phi) is 6.38. The summed E-state index contributed by atoms with van der Waals surface area (Å²) in [5.41, 5.74) is 1.04. The number of nitrogens with one attached hydrogen (secondary N) is 2. The molecule has 1 unspecified atom stereocenters. The first-order valence-corrected chi connectivity index (χ1v) is 7.52. The molecule has 0 aromatic heterocycles. The molecule has 1 aromatic rings. The van der Waals surface area contributed by atoms with E-state index in [0.29, 0.717) is 23.7 Å². The summed E-state index contributed by atoms with van der Waals surface area (Å²) in [4.78, 5) is 23.7. The van der Waals surface area contributed by atoms with E-state index in [0.717, 1.165) is 5.56 Å². The molecule has 0 aliphatic carbocycles. The first kappa shape index (κ1) is 18.5. The smallest absolute Gasteiger partial charge is 0.313 e. The van der Waals surface area contributed by atoms with E-state index in [-0.39, 0.29) is 5.41 Å². The average Bonchev–Trinajstić information content (AvgIpc) is 2.37. The van der Waals surface area contributed by atoms with Crippen molar-refractivity contribution in [2.75, 3.05) is 11.9 Å². The quantitative estimate of drug-likeness (QED) is 0.727. The highest BCUT2D eigenvalue weighted by Gasteiger charge is 2.23. The van der Waals surface area contributed by atoms with Crippen molar-refractivity contribution in [3.8, 4) is 0 Å². The van der Waals surface area contributed by atoms with Crippen molar-refractivity contribution in [3.05, 3.63) is 28.8 Å². The summed E-state index contributed by atoms with van der Waals surface area (Å²) in [6.07, 6.45) is 0.0722. The van der Waals surface area contributed by atoms with Gasteiger partial charge in [-0.15, -0.1) is 0 Å². The molecule has 2 amide bonds. The fraction of sp³-hybridized carbons (Fsp3) is 0.500. The molecule has 1 atom stereocenters. The summed E-state index contributed by atoms with van der Waals surface area (Å²) in [7, 11) is 0. The van der Waals surface area contributed by atoms with Crippen molar-refractivity contribution >= 4 is 29.1 Å². The van der Waals surface area contributed by atoms with Crippen molar-refractivity contribution in [2.45, 2.75) is 40.2 Å². The Bertz CT molecular complexity index is 556. The summed E-state index contributed by atoms with van der Waals surface area (Å²) >= 11 is 5.85. The van der Waals surface area contributed by atoms with Gasteiger partial charge < -0.3 is 15.7 Å². The number of aliphatic hydroxyl groups excluding tert-OH is 1. The van der Waals surface area contributed by atoms with Crippen LogP contribution in [-0.2, 0) is 9.59 Å². The molecule has 1 aromatic carbocycles. The van der Waals surface area contributed by atoms with Gasteiger partial charge in [-0.25, -0.2) is 0 Å². The Balaban J connectivity index is 2.57. The normalized spacial score (nSPS) is 12.6. The van der Waals surface area contributed by atoms with Crippen LogP contribution in [0.1, 0.15) is 32.8 Å². The molecular formula is C16H23ClN2O3. The SMILES string of the molecule is Cc1cc(Cl)ccc1NC(=O)C(=O)NCC(C)(C)CC(C)O. The topological polar surface area (TPSA) is 78.4 Å². The Morgan fingerprint density at radius 1 is 1.32 bits per heavy atom. The van der Waals surface area contributed by atoms with Crippen LogP contribution < -0.4 is 10.6 Å². The Hall–Kier alpha value is -1.59. The Labute approximate surface area is 136 Å². The summed E-state index contributed by atoms with van der Waals surface area (Å²) in [6.45, 7) is 7.64. The lowest BCUT2D eigenvalue weighted by molar-refractivity contribution is -0.136. The molecule has 122 valence electrons. The summed E-state index contributed by atoms with van der Waals surface area (Å²) in [6, 6.07) is 5.01. The predicted molar refractivity (Wildman–Crippen MR) is 87.9 cm³/mol. The fourth-order valence-corrected chi connectivity index (χ4v) is 2.44. The van der Waals surface area contributed by atoms with E-state index >= 15 is 0 Å². The van der Waals surface area contributed by atoms with Crippen LogP contribution in [0.2, 0.25) is 5.02 Å². The number of hydrogen-bond donors (Lipinski definition) is 3. The third kappa shape index (κ3) is 6.03. The van der Waals surface area contributed by atoms with Crippen LogP contribution in [0.15, 0.2) is 18.2 Å². The van der Waals surface area contributed by atoms with Gasteiger partial charge in [-0.1, -0.05) is 25.4 Å². The zero-order chi connectivity index (χ0) is 16.9. The third-order valence-corrected chi connectivity index (χ3v) is 3.45. The van der Waals surface area contributed by atoms with E-state index in [4.69, 9.17) is 11.6 Å². The van der Waals surface area contributed by atoms with E-state index in [1.165, 1.54) is 0 Å². The van der Waals surface area contributed by atoms with Gasteiger partial charge >= 0.3 is 11.8 Å². The number of aliphatic hydroxyl groups is 1. The zero-order valence-corrected chi connectivity index (χ0v) is 14.1. The third-order valence-electron chi connectivity index (χ3n) is 3.22. The van der Waals surface area contributed by atoms with Gasteiger partial charge in [-0.05, 0) is 49.4 Å². The number of benzene rings is 1. The van der Waals surface area contributed by atoms with Crippen LogP contribution in [0, 0.1) is 12.3 Å². The minimum atomic E-state index is -0.724. The van der Waals surface area contributed by atoms with Gasteiger partial charge in [0, 0.05) is 17.3 Å². The molecule has 0 saturated heterocycles. The predicted octanol–water partition coefficient (Wildman–Crippen LogP) is 2.50.